The maximum Gasteiger partial charge on any atom is 0.243 e. The molecule has 1 saturated carbocycles. The van der Waals surface area contributed by atoms with E-state index >= 15 is 0 Å². The number of hydrogen-bond donors (Lipinski definition) is 1. The summed E-state index contributed by atoms with van der Waals surface area (Å²) >= 11 is 0. The van der Waals surface area contributed by atoms with Gasteiger partial charge in [-0.3, -0.25) is 0 Å². The smallest absolute Gasteiger partial charge is 0.243 e. The number of nitrogens with zero attached hydrogens (tertiary/aromatic N) is 4. The van der Waals surface area contributed by atoms with Crippen LogP contribution in [0.25, 0.3) is 0 Å². The molecule has 1 aliphatic heterocycles. The molecular formula is C15H21N5O. The van der Waals surface area contributed by atoms with Gasteiger partial charge in [0.05, 0.1) is 6.04 Å². The normalized spacial score (nSPS) is 23.0. The number of nitrogens with one attached hydrogen (secondary N) is 1. The van der Waals surface area contributed by atoms with E-state index in [1.54, 1.807) is 0 Å². The van der Waals surface area contributed by atoms with Gasteiger partial charge in [0.2, 0.25) is 5.89 Å². The van der Waals surface area contributed by atoms with Crippen molar-refractivity contribution in [2.45, 2.75) is 57.0 Å². The molecule has 0 bridgehead atoms. The minimum atomic E-state index is 0.0929. The van der Waals surface area contributed by atoms with Crippen LogP contribution in [-0.2, 0) is 6.54 Å². The molecule has 6 heteroatoms. The van der Waals surface area contributed by atoms with Crippen LogP contribution in [0.15, 0.2) is 16.9 Å². The van der Waals surface area contributed by atoms with Gasteiger partial charge in [0.25, 0.3) is 0 Å². The molecule has 1 aliphatic carbocycles. The Labute approximate surface area is 123 Å². The van der Waals surface area contributed by atoms with Crippen molar-refractivity contribution in [3.8, 4) is 0 Å². The van der Waals surface area contributed by atoms with Crippen LogP contribution in [0, 0.1) is 0 Å². The van der Waals surface area contributed by atoms with Crippen molar-refractivity contribution >= 4 is 0 Å². The molecule has 2 aromatic heterocycles. The minimum absolute atomic E-state index is 0.0929. The quantitative estimate of drug-likeness (QED) is 0.914. The van der Waals surface area contributed by atoms with E-state index in [0.29, 0.717) is 17.7 Å². The van der Waals surface area contributed by atoms with Crippen molar-refractivity contribution in [3.05, 3.63) is 29.9 Å². The summed E-state index contributed by atoms with van der Waals surface area (Å²) in [5.41, 5.74) is 0. The first kappa shape index (κ1) is 13.0. The highest BCUT2D eigenvalue weighted by atomic mass is 16.5. The Kier molecular flexibility index (Phi) is 3.25. The number of aryl methyl sites for hydroxylation is 1. The summed E-state index contributed by atoms with van der Waals surface area (Å²) in [6, 6.07) is 0.0929. The van der Waals surface area contributed by atoms with Crippen molar-refractivity contribution in [1.29, 1.82) is 0 Å². The minimum Gasteiger partial charge on any atom is -0.338 e. The molecular weight excluding hydrogens is 266 g/mol. The molecule has 2 aliphatic rings. The summed E-state index contributed by atoms with van der Waals surface area (Å²) in [5.74, 6) is 3.80. The Morgan fingerprint density at radius 3 is 3.19 bits per heavy atom. The molecule has 112 valence electrons. The molecule has 0 spiro atoms. The molecule has 2 aromatic rings. The molecule has 3 heterocycles. The van der Waals surface area contributed by atoms with E-state index in [1.165, 1.54) is 31.5 Å². The van der Waals surface area contributed by atoms with Crippen LogP contribution < -0.4 is 5.32 Å². The molecule has 1 N–H and O–H groups in total. The summed E-state index contributed by atoms with van der Waals surface area (Å²) in [4.78, 5) is 9.01. The van der Waals surface area contributed by atoms with Gasteiger partial charge < -0.3 is 14.4 Å². The molecule has 0 aromatic carbocycles. The highest BCUT2D eigenvalue weighted by Gasteiger charge is 2.30. The Bertz CT molecular complexity index is 615. The third kappa shape index (κ3) is 2.60. The average Bonchev–Trinajstić information content (AvgIpc) is 3.04. The third-order valence-corrected chi connectivity index (χ3v) is 4.51. The van der Waals surface area contributed by atoms with E-state index in [0.717, 1.165) is 18.9 Å². The summed E-state index contributed by atoms with van der Waals surface area (Å²) in [6.07, 6.45) is 8.78. The maximum absolute atomic E-state index is 5.38. The van der Waals surface area contributed by atoms with Crippen molar-refractivity contribution in [3.63, 3.8) is 0 Å². The van der Waals surface area contributed by atoms with Crippen molar-refractivity contribution < 1.29 is 4.52 Å². The lowest BCUT2D eigenvalue weighted by Crippen LogP contribution is -2.28. The largest absolute Gasteiger partial charge is 0.338 e. The second-order valence-corrected chi connectivity index (χ2v) is 6.21. The molecule has 0 unspecified atom stereocenters. The number of imidazole rings is 1. The maximum atomic E-state index is 5.38. The fraction of sp³-hybridized carbons (Fsp3) is 0.667. The Balaban J connectivity index is 1.38. The van der Waals surface area contributed by atoms with E-state index in [1.807, 2.05) is 6.20 Å². The topological polar surface area (TPSA) is 68.8 Å². The predicted octanol–water partition coefficient (Wildman–Crippen LogP) is 2.37. The first-order chi connectivity index (χ1) is 10.3. The van der Waals surface area contributed by atoms with Gasteiger partial charge in [0.15, 0.2) is 5.82 Å². The van der Waals surface area contributed by atoms with Crippen LogP contribution in [0.2, 0.25) is 0 Å². The standard InChI is InChI=1S/C15H21N5O/c1-10(15-18-13(19-21-15)11-4-5-11)17-9-12-3-2-7-20-8-6-16-14(12)20/h6,8,10-12,17H,2-5,7,9H2,1H3/t10-,12+/m0/s1. The van der Waals surface area contributed by atoms with E-state index in [9.17, 15) is 0 Å². The summed E-state index contributed by atoms with van der Waals surface area (Å²) in [5, 5.41) is 7.60. The molecule has 0 radical (unpaired) electrons. The number of hydrogen-bond acceptors (Lipinski definition) is 5. The molecule has 1 fully saturated rings. The van der Waals surface area contributed by atoms with Crippen LogP contribution in [0.5, 0.6) is 0 Å². The molecule has 4 rings (SSSR count). The van der Waals surface area contributed by atoms with Crippen LogP contribution in [-0.4, -0.2) is 26.2 Å². The number of fused-ring (bicyclic) bond motifs is 1. The van der Waals surface area contributed by atoms with Gasteiger partial charge in [0, 0.05) is 37.3 Å². The van der Waals surface area contributed by atoms with E-state index < -0.39 is 0 Å². The van der Waals surface area contributed by atoms with Crippen LogP contribution in [0.3, 0.4) is 0 Å². The first-order valence-corrected chi connectivity index (χ1v) is 7.89. The zero-order valence-corrected chi connectivity index (χ0v) is 12.3. The predicted molar refractivity (Wildman–Crippen MR) is 76.9 cm³/mol. The summed E-state index contributed by atoms with van der Waals surface area (Å²) < 4.78 is 7.64. The van der Waals surface area contributed by atoms with Crippen molar-refractivity contribution in [2.75, 3.05) is 6.54 Å². The van der Waals surface area contributed by atoms with Crippen molar-refractivity contribution in [2.24, 2.45) is 0 Å². The molecule has 2 atom stereocenters. The van der Waals surface area contributed by atoms with Crippen LogP contribution in [0.4, 0.5) is 0 Å². The zero-order valence-electron chi connectivity index (χ0n) is 12.3. The van der Waals surface area contributed by atoms with Crippen LogP contribution >= 0.6 is 0 Å². The second kappa shape index (κ2) is 5.26. The lowest BCUT2D eigenvalue weighted by molar-refractivity contribution is 0.326. The average molecular weight is 287 g/mol. The summed E-state index contributed by atoms with van der Waals surface area (Å²) in [7, 11) is 0. The molecule has 0 saturated heterocycles. The van der Waals surface area contributed by atoms with E-state index in [-0.39, 0.29) is 6.04 Å². The van der Waals surface area contributed by atoms with Gasteiger partial charge in [-0.2, -0.15) is 4.98 Å². The van der Waals surface area contributed by atoms with Gasteiger partial charge in [-0.05, 0) is 32.6 Å². The monoisotopic (exact) mass is 287 g/mol. The van der Waals surface area contributed by atoms with Gasteiger partial charge >= 0.3 is 0 Å². The number of aromatic nitrogens is 4. The number of rotatable bonds is 5. The first-order valence-electron chi connectivity index (χ1n) is 7.89. The van der Waals surface area contributed by atoms with Gasteiger partial charge in [-0.15, -0.1) is 0 Å². The van der Waals surface area contributed by atoms with Gasteiger partial charge in [0.1, 0.15) is 5.82 Å². The second-order valence-electron chi connectivity index (χ2n) is 6.21. The fourth-order valence-corrected chi connectivity index (χ4v) is 3.04. The SMILES string of the molecule is C[C@H](NC[C@H]1CCCn2ccnc21)c1nc(C2CC2)no1. The van der Waals surface area contributed by atoms with E-state index in [4.69, 9.17) is 4.52 Å². The molecule has 6 nitrogen and oxygen atoms in total. The third-order valence-electron chi connectivity index (χ3n) is 4.51. The lowest BCUT2D eigenvalue weighted by atomic mass is 9.98. The highest BCUT2D eigenvalue weighted by molar-refractivity contribution is 5.06. The fourth-order valence-electron chi connectivity index (χ4n) is 3.04. The van der Waals surface area contributed by atoms with Crippen molar-refractivity contribution in [1.82, 2.24) is 25.0 Å². The molecule has 21 heavy (non-hydrogen) atoms. The molecule has 0 amide bonds. The zero-order chi connectivity index (χ0) is 14.2. The van der Waals surface area contributed by atoms with Crippen LogP contribution in [0.1, 0.15) is 68.0 Å². The Hall–Kier alpha value is -1.69. The summed E-state index contributed by atoms with van der Waals surface area (Å²) in [6.45, 7) is 4.08. The van der Waals surface area contributed by atoms with E-state index in [2.05, 4.69) is 38.1 Å². The lowest BCUT2D eigenvalue weighted by Gasteiger charge is -2.24. The Morgan fingerprint density at radius 2 is 2.33 bits per heavy atom. The van der Waals surface area contributed by atoms with Gasteiger partial charge in [-0.1, -0.05) is 5.16 Å². The highest BCUT2D eigenvalue weighted by Crippen LogP contribution is 2.38. The Morgan fingerprint density at radius 1 is 1.43 bits per heavy atom. The van der Waals surface area contributed by atoms with Gasteiger partial charge in [-0.25, -0.2) is 4.98 Å².